The first-order valence-corrected chi connectivity index (χ1v) is 14.0. The number of hydrogen-bond donors (Lipinski definition) is 2. The number of benzene rings is 2. The fraction of sp³-hybridized carbons (Fsp3) is 0.207. The lowest BCUT2D eigenvalue weighted by Gasteiger charge is -2.22. The molecule has 0 saturated carbocycles. The molecular weight excluding hydrogens is 520 g/mol. The predicted octanol–water partition coefficient (Wildman–Crippen LogP) is 6.38. The van der Waals surface area contributed by atoms with Crippen LogP contribution in [0.1, 0.15) is 49.3 Å². The number of anilines is 2. The van der Waals surface area contributed by atoms with Crippen molar-refractivity contribution in [3.63, 3.8) is 0 Å². The summed E-state index contributed by atoms with van der Waals surface area (Å²) in [4.78, 5) is 39.8. The number of ether oxygens (including phenoxy) is 1. The Morgan fingerprint density at radius 3 is 2.66 bits per heavy atom. The molecule has 5 rings (SSSR count). The molecule has 38 heavy (non-hydrogen) atoms. The molecule has 0 radical (unpaired) electrons. The fourth-order valence-corrected chi connectivity index (χ4v) is 6.66. The van der Waals surface area contributed by atoms with Gasteiger partial charge in [-0.2, -0.15) is 0 Å². The molecule has 194 valence electrons. The molecule has 4 aromatic rings. The molecule has 0 fully saturated rings. The lowest BCUT2D eigenvalue weighted by molar-refractivity contribution is -0.113. The molecule has 7 nitrogen and oxygen atoms in total. The van der Waals surface area contributed by atoms with E-state index < -0.39 is 5.97 Å². The predicted molar refractivity (Wildman–Crippen MR) is 149 cm³/mol. The molecule has 2 aromatic carbocycles. The highest BCUT2D eigenvalue weighted by atomic mass is 32.2. The summed E-state index contributed by atoms with van der Waals surface area (Å²) in [5.74, 6) is -0.246. The third kappa shape index (κ3) is 5.84. The minimum Gasteiger partial charge on any atom is -0.465 e. The standard InChI is InChI=1S/C29H26N2O5S2/c1-35-29(34)26-22-13-12-19(18-7-3-2-4-8-18)15-24(22)38-28(26)31-25(32)17-37-21-10-5-9-20(16-21)30-27(33)23-11-6-14-36-23/h2-11,14,16,19H,12-13,15,17H2,1H3,(H,30,33)(H,31,32). The van der Waals surface area contributed by atoms with Crippen LogP contribution >= 0.6 is 23.1 Å². The van der Waals surface area contributed by atoms with Gasteiger partial charge in [0.2, 0.25) is 5.91 Å². The van der Waals surface area contributed by atoms with E-state index in [0.717, 1.165) is 34.6 Å². The largest absolute Gasteiger partial charge is 0.465 e. The van der Waals surface area contributed by atoms with Crippen molar-refractivity contribution in [2.24, 2.45) is 0 Å². The van der Waals surface area contributed by atoms with Crippen molar-refractivity contribution in [3.8, 4) is 0 Å². The van der Waals surface area contributed by atoms with Crippen molar-refractivity contribution >= 4 is 51.6 Å². The number of carbonyl (C=O) groups is 3. The maximum absolute atomic E-state index is 12.9. The van der Waals surface area contributed by atoms with E-state index >= 15 is 0 Å². The van der Waals surface area contributed by atoms with Crippen molar-refractivity contribution in [2.75, 3.05) is 23.5 Å². The molecule has 0 spiro atoms. The smallest absolute Gasteiger partial charge is 0.341 e. The molecule has 1 atom stereocenters. The molecule has 1 aliphatic rings. The highest BCUT2D eigenvalue weighted by molar-refractivity contribution is 8.00. The zero-order valence-corrected chi connectivity index (χ0v) is 22.3. The summed E-state index contributed by atoms with van der Waals surface area (Å²) in [7, 11) is 1.36. The first-order chi connectivity index (χ1) is 18.5. The Morgan fingerprint density at radius 1 is 1.05 bits per heavy atom. The summed E-state index contributed by atoms with van der Waals surface area (Å²) >= 11 is 2.80. The van der Waals surface area contributed by atoms with Gasteiger partial charge in [-0.25, -0.2) is 4.79 Å². The van der Waals surface area contributed by atoms with Crippen LogP contribution in [0.3, 0.4) is 0 Å². The van der Waals surface area contributed by atoms with E-state index in [4.69, 9.17) is 9.15 Å². The van der Waals surface area contributed by atoms with Gasteiger partial charge in [0.15, 0.2) is 5.76 Å². The van der Waals surface area contributed by atoms with Crippen molar-refractivity contribution in [2.45, 2.75) is 30.1 Å². The van der Waals surface area contributed by atoms with Crippen LogP contribution in [0.4, 0.5) is 10.7 Å². The number of fused-ring (bicyclic) bond motifs is 1. The molecule has 2 heterocycles. The molecule has 0 saturated heterocycles. The molecule has 2 amide bonds. The third-order valence-electron chi connectivity index (χ3n) is 6.39. The zero-order chi connectivity index (χ0) is 26.5. The maximum Gasteiger partial charge on any atom is 0.341 e. The Labute approximate surface area is 228 Å². The highest BCUT2D eigenvalue weighted by Crippen LogP contribution is 2.42. The SMILES string of the molecule is COC(=O)c1c(NC(=O)CSc2cccc(NC(=O)c3ccco3)c2)sc2c1CCC(c1ccccc1)C2. The summed E-state index contributed by atoms with van der Waals surface area (Å²) < 4.78 is 10.2. The molecule has 1 aliphatic carbocycles. The van der Waals surface area contributed by atoms with E-state index in [9.17, 15) is 14.4 Å². The average molecular weight is 547 g/mol. The number of thioether (sulfide) groups is 1. The number of amides is 2. The quantitative estimate of drug-likeness (QED) is 0.197. The van der Waals surface area contributed by atoms with Gasteiger partial charge in [0.1, 0.15) is 5.00 Å². The van der Waals surface area contributed by atoms with E-state index in [1.165, 1.54) is 42.0 Å². The van der Waals surface area contributed by atoms with Gasteiger partial charge in [-0.05, 0) is 66.6 Å². The van der Waals surface area contributed by atoms with Crippen LogP contribution in [-0.4, -0.2) is 30.6 Å². The number of nitrogens with one attached hydrogen (secondary N) is 2. The van der Waals surface area contributed by atoms with Crippen LogP contribution < -0.4 is 10.6 Å². The van der Waals surface area contributed by atoms with E-state index in [1.807, 2.05) is 30.3 Å². The van der Waals surface area contributed by atoms with Gasteiger partial charge in [0.25, 0.3) is 5.91 Å². The zero-order valence-electron chi connectivity index (χ0n) is 20.7. The number of hydrogen-bond acceptors (Lipinski definition) is 7. The molecule has 1 unspecified atom stereocenters. The Morgan fingerprint density at radius 2 is 1.89 bits per heavy atom. The summed E-state index contributed by atoms with van der Waals surface area (Å²) in [5.41, 5.74) is 3.34. The van der Waals surface area contributed by atoms with Gasteiger partial charge in [0, 0.05) is 15.5 Å². The van der Waals surface area contributed by atoms with Gasteiger partial charge in [0.05, 0.1) is 24.7 Å². The van der Waals surface area contributed by atoms with Crippen LogP contribution in [0.25, 0.3) is 0 Å². The maximum atomic E-state index is 12.9. The van der Waals surface area contributed by atoms with Crippen LogP contribution in [0, 0.1) is 0 Å². The number of thiophene rings is 1. The van der Waals surface area contributed by atoms with E-state index in [2.05, 4.69) is 22.8 Å². The lowest BCUT2D eigenvalue weighted by atomic mass is 9.83. The summed E-state index contributed by atoms with van der Waals surface area (Å²) in [5, 5.41) is 6.28. The van der Waals surface area contributed by atoms with Crippen molar-refractivity contribution in [3.05, 3.63) is 100 Å². The van der Waals surface area contributed by atoms with Gasteiger partial charge in [-0.3, -0.25) is 9.59 Å². The molecule has 0 bridgehead atoms. The Balaban J connectivity index is 1.25. The molecule has 2 aromatic heterocycles. The third-order valence-corrected chi connectivity index (χ3v) is 8.55. The molecule has 9 heteroatoms. The first kappa shape index (κ1) is 25.8. The first-order valence-electron chi connectivity index (χ1n) is 12.2. The van der Waals surface area contributed by atoms with E-state index in [-0.39, 0.29) is 23.3 Å². The minimum absolute atomic E-state index is 0.144. The Bertz CT molecular complexity index is 1450. The van der Waals surface area contributed by atoms with Gasteiger partial charge in [-0.15, -0.1) is 23.1 Å². The van der Waals surface area contributed by atoms with E-state index in [1.54, 1.807) is 24.3 Å². The van der Waals surface area contributed by atoms with Gasteiger partial charge < -0.3 is 19.8 Å². The van der Waals surface area contributed by atoms with Crippen molar-refractivity contribution < 1.29 is 23.5 Å². The van der Waals surface area contributed by atoms with Crippen molar-refractivity contribution in [1.82, 2.24) is 0 Å². The summed E-state index contributed by atoms with van der Waals surface area (Å²) in [6.07, 6.45) is 3.97. The van der Waals surface area contributed by atoms with Crippen LogP contribution in [0.15, 0.2) is 82.3 Å². The second-order valence-corrected chi connectivity index (χ2v) is 11.0. The van der Waals surface area contributed by atoms with Crippen LogP contribution in [0.5, 0.6) is 0 Å². The van der Waals surface area contributed by atoms with Gasteiger partial charge >= 0.3 is 5.97 Å². The van der Waals surface area contributed by atoms with Crippen molar-refractivity contribution in [1.29, 1.82) is 0 Å². The van der Waals surface area contributed by atoms with Crippen LogP contribution in [-0.2, 0) is 22.4 Å². The second-order valence-electron chi connectivity index (χ2n) is 8.85. The van der Waals surface area contributed by atoms with E-state index in [0.29, 0.717) is 22.2 Å². The highest BCUT2D eigenvalue weighted by Gasteiger charge is 2.30. The average Bonchev–Trinajstić information content (AvgIpc) is 3.60. The summed E-state index contributed by atoms with van der Waals surface area (Å²) in [6.45, 7) is 0. The molecule has 2 N–H and O–H groups in total. The number of furan rings is 1. The number of carbonyl (C=O) groups excluding carboxylic acids is 3. The topological polar surface area (TPSA) is 97.6 Å². The number of rotatable bonds is 8. The normalized spacial score (nSPS) is 14.4. The molecule has 0 aliphatic heterocycles. The summed E-state index contributed by atoms with van der Waals surface area (Å²) in [6, 6.07) is 20.9. The Kier molecular flexibility index (Phi) is 7.95. The molecular formula is C29H26N2O5S2. The number of methoxy groups -OCH3 is 1. The monoisotopic (exact) mass is 546 g/mol. The fourth-order valence-electron chi connectivity index (χ4n) is 4.58. The number of esters is 1. The van der Waals surface area contributed by atoms with Crippen LogP contribution in [0.2, 0.25) is 0 Å². The van der Waals surface area contributed by atoms with Gasteiger partial charge in [-0.1, -0.05) is 36.4 Å². The Hall–Kier alpha value is -3.82. The lowest BCUT2D eigenvalue weighted by Crippen LogP contribution is -2.17. The second kappa shape index (κ2) is 11.7. The minimum atomic E-state index is -0.427.